The van der Waals surface area contributed by atoms with Gasteiger partial charge < -0.3 is 10.1 Å². The Kier molecular flexibility index (Phi) is 4.58. The molecule has 2 aromatic carbocycles. The van der Waals surface area contributed by atoms with Crippen LogP contribution in [0.15, 0.2) is 42.5 Å². The molecule has 0 radical (unpaired) electrons. The number of ether oxygens (including phenoxy) is 1. The maximum absolute atomic E-state index is 5.40. The number of fused-ring (bicyclic) bond motifs is 1. The van der Waals surface area contributed by atoms with E-state index >= 15 is 0 Å². The van der Waals surface area contributed by atoms with E-state index in [0.29, 0.717) is 6.04 Å². The van der Waals surface area contributed by atoms with Crippen molar-refractivity contribution in [2.45, 2.75) is 19.9 Å². The van der Waals surface area contributed by atoms with E-state index in [1.807, 2.05) is 12.1 Å². The van der Waals surface area contributed by atoms with Gasteiger partial charge in [-0.15, -0.1) is 0 Å². The lowest BCUT2D eigenvalue weighted by Crippen LogP contribution is -2.22. The van der Waals surface area contributed by atoms with E-state index in [9.17, 15) is 0 Å². The molecule has 0 saturated heterocycles. The van der Waals surface area contributed by atoms with Gasteiger partial charge in [0.15, 0.2) is 0 Å². The summed E-state index contributed by atoms with van der Waals surface area (Å²) in [6, 6.07) is 13.0. The predicted octanol–water partition coefficient (Wildman–Crippen LogP) is 3.86. The van der Waals surface area contributed by atoms with Crippen LogP contribution < -0.4 is 10.1 Å². The molecule has 2 rings (SSSR count). The third kappa shape index (κ3) is 3.36. The Morgan fingerprint density at radius 1 is 1.11 bits per heavy atom. The average molecular weight is 255 g/mol. The van der Waals surface area contributed by atoms with Crippen molar-refractivity contribution in [3.8, 4) is 5.75 Å². The molecule has 0 aliphatic carbocycles. The first-order valence-electron chi connectivity index (χ1n) is 6.68. The van der Waals surface area contributed by atoms with Crippen molar-refractivity contribution in [2.24, 2.45) is 0 Å². The van der Waals surface area contributed by atoms with Crippen LogP contribution in [0.3, 0.4) is 0 Å². The number of benzene rings is 2. The Bertz CT molecular complexity index is 572. The van der Waals surface area contributed by atoms with Gasteiger partial charge in [0.1, 0.15) is 5.75 Å². The highest BCUT2D eigenvalue weighted by molar-refractivity contribution is 5.94. The molecule has 1 N–H and O–H groups in total. The third-order valence-electron chi connectivity index (χ3n) is 3.08. The summed E-state index contributed by atoms with van der Waals surface area (Å²) < 4.78 is 5.40. The van der Waals surface area contributed by atoms with Gasteiger partial charge in [-0.2, -0.15) is 0 Å². The van der Waals surface area contributed by atoms with Crippen LogP contribution in [0.5, 0.6) is 5.75 Å². The molecule has 0 atom stereocenters. The molecular formula is C17H21NO. The molecule has 0 spiro atoms. The summed E-state index contributed by atoms with van der Waals surface area (Å²) in [7, 11) is 1.71. The SMILES string of the molecule is COc1ccc(C=CCNC(C)C)c2ccccc12. The summed E-state index contributed by atoms with van der Waals surface area (Å²) in [5.74, 6) is 0.924. The molecule has 0 fully saturated rings. The zero-order valence-corrected chi connectivity index (χ0v) is 11.8. The molecule has 2 heteroatoms. The highest BCUT2D eigenvalue weighted by Crippen LogP contribution is 2.28. The molecule has 0 saturated carbocycles. The fourth-order valence-electron chi connectivity index (χ4n) is 2.11. The predicted molar refractivity (Wildman–Crippen MR) is 82.7 cm³/mol. The lowest BCUT2D eigenvalue weighted by atomic mass is 10.0. The van der Waals surface area contributed by atoms with Gasteiger partial charge in [0.2, 0.25) is 0 Å². The number of methoxy groups -OCH3 is 1. The first-order valence-corrected chi connectivity index (χ1v) is 6.68. The second-order valence-electron chi connectivity index (χ2n) is 4.87. The van der Waals surface area contributed by atoms with E-state index in [-0.39, 0.29) is 0 Å². The fraction of sp³-hybridized carbons (Fsp3) is 0.294. The summed E-state index contributed by atoms with van der Waals surface area (Å²) in [6.45, 7) is 5.19. The summed E-state index contributed by atoms with van der Waals surface area (Å²) in [5, 5.41) is 5.76. The number of nitrogens with one attached hydrogen (secondary N) is 1. The quantitative estimate of drug-likeness (QED) is 0.876. The second kappa shape index (κ2) is 6.39. The van der Waals surface area contributed by atoms with Crippen molar-refractivity contribution in [1.29, 1.82) is 0 Å². The molecule has 100 valence electrons. The first-order chi connectivity index (χ1) is 9.22. The van der Waals surface area contributed by atoms with Crippen LogP contribution in [0.2, 0.25) is 0 Å². The molecule has 0 aromatic heterocycles. The molecular weight excluding hydrogens is 234 g/mol. The molecule has 0 bridgehead atoms. The van der Waals surface area contributed by atoms with Crippen molar-refractivity contribution >= 4 is 16.8 Å². The molecule has 19 heavy (non-hydrogen) atoms. The molecule has 2 aromatic rings. The largest absolute Gasteiger partial charge is 0.496 e. The van der Waals surface area contributed by atoms with Gasteiger partial charge in [0, 0.05) is 18.0 Å². The van der Waals surface area contributed by atoms with E-state index in [1.54, 1.807) is 7.11 Å². The molecule has 0 aliphatic heterocycles. The molecule has 0 unspecified atom stereocenters. The number of hydrogen-bond acceptors (Lipinski definition) is 2. The first kappa shape index (κ1) is 13.6. The van der Waals surface area contributed by atoms with Gasteiger partial charge in [0.05, 0.1) is 7.11 Å². The van der Waals surface area contributed by atoms with Crippen LogP contribution in [0.4, 0.5) is 0 Å². The van der Waals surface area contributed by atoms with Crippen molar-refractivity contribution in [3.05, 3.63) is 48.0 Å². The van der Waals surface area contributed by atoms with Crippen molar-refractivity contribution in [3.63, 3.8) is 0 Å². The summed E-state index contributed by atoms with van der Waals surface area (Å²) in [6.07, 6.45) is 4.32. The highest BCUT2D eigenvalue weighted by atomic mass is 16.5. The van der Waals surface area contributed by atoms with Crippen LogP contribution in [0.1, 0.15) is 19.4 Å². The number of hydrogen-bond donors (Lipinski definition) is 1. The lowest BCUT2D eigenvalue weighted by molar-refractivity contribution is 0.420. The van der Waals surface area contributed by atoms with Crippen LogP contribution in [-0.2, 0) is 0 Å². The Hall–Kier alpha value is -1.80. The van der Waals surface area contributed by atoms with Gasteiger partial charge in [-0.1, -0.05) is 56.3 Å². The van der Waals surface area contributed by atoms with Crippen molar-refractivity contribution in [2.75, 3.05) is 13.7 Å². The van der Waals surface area contributed by atoms with Gasteiger partial charge >= 0.3 is 0 Å². The zero-order valence-electron chi connectivity index (χ0n) is 11.8. The van der Waals surface area contributed by atoms with Crippen molar-refractivity contribution < 1.29 is 4.74 Å². The topological polar surface area (TPSA) is 21.3 Å². The van der Waals surface area contributed by atoms with E-state index in [1.165, 1.54) is 10.9 Å². The second-order valence-corrected chi connectivity index (χ2v) is 4.87. The maximum Gasteiger partial charge on any atom is 0.126 e. The Labute approximate surface area is 115 Å². The monoisotopic (exact) mass is 255 g/mol. The zero-order chi connectivity index (χ0) is 13.7. The summed E-state index contributed by atoms with van der Waals surface area (Å²) in [4.78, 5) is 0. The Morgan fingerprint density at radius 3 is 2.53 bits per heavy atom. The third-order valence-corrected chi connectivity index (χ3v) is 3.08. The van der Waals surface area contributed by atoms with Gasteiger partial charge in [-0.05, 0) is 17.0 Å². The van der Waals surface area contributed by atoms with Crippen molar-refractivity contribution in [1.82, 2.24) is 5.32 Å². The van der Waals surface area contributed by atoms with Gasteiger partial charge in [-0.25, -0.2) is 0 Å². The normalized spacial score (nSPS) is 11.6. The van der Waals surface area contributed by atoms with Crippen LogP contribution >= 0.6 is 0 Å². The van der Waals surface area contributed by atoms with E-state index in [2.05, 4.69) is 55.6 Å². The molecule has 0 amide bonds. The van der Waals surface area contributed by atoms with Crippen LogP contribution in [0.25, 0.3) is 16.8 Å². The minimum atomic E-state index is 0.511. The molecule has 2 nitrogen and oxygen atoms in total. The minimum Gasteiger partial charge on any atom is -0.496 e. The van der Waals surface area contributed by atoms with E-state index in [4.69, 9.17) is 4.74 Å². The lowest BCUT2D eigenvalue weighted by Gasteiger charge is -2.08. The molecule has 0 aliphatic rings. The summed E-state index contributed by atoms with van der Waals surface area (Å²) in [5.41, 5.74) is 1.22. The van der Waals surface area contributed by atoms with Gasteiger partial charge in [-0.3, -0.25) is 0 Å². The van der Waals surface area contributed by atoms with Gasteiger partial charge in [0.25, 0.3) is 0 Å². The Balaban J connectivity index is 2.29. The number of rotatable bonds is 5. The molecule has 0 heterocycles. The summed E-state index contributed by atoms with van der Waals surface area (Å²) >= 11 is 0. The average Bonchev–Trinajstić information content (AvgIpc) is 2.43. The van der Waals surface area contributed by atoms with Crippen LogP contribution in [-0.4, -0.2) is 19.7 Å². The fourth-order valence-corrected chi connectivity index (χ4v) is 2.11. The minimum absolute atomic E-state index is 0.511. The maximum atomic E-state index is 5.40. The smallest absolute Gasteiger partial charge is 0.126 e. The van der Waals surface area contributed by atoms with E-state index < -0.39 is 0 Å². The van der Waals surface area contributed by atoms with E-state index in [0.717, 1.165) is 17.7 Å². The highest BCUT2D eigenvalue weighted by Gasteiger charge is 2.03. The Morgan fingerprint density at radius 2 is 1.84 bits per heavy atom. The van der Waals surface area contributed by atoms with Crippen LogP contribution in [0, 0.1) is 0 Å². The standard InChI is InChI=1S/C17H21NO/c1-13(2)18-12-6-7-14-10-11-17(19-3)16-9-5-4-8-15(14)16/h4-11,13,18H,12H2,1-3H3.